The summed E-state index contributed by atoms with van der Waals surface area (Å²) in [6.07, 6.45) is 2.42. The number of anilines is 1. The number of hydrogen-bond acceptors (Lipinski definition) is 3. The third-order valence-electron chi connectivity index (χ3n) is 4.23. The predicted molar refractivity (Wildman–Crippen MR) is 78.1 cm³/mol. The Kier molecular flexibility index (Phi) is 3.80. The number of hydrogen-bond donors (Lipinski definition) is 0. The van der Waals surface area contributed by atoms with E-state index in [4.69, 9.17) is 5.26 Å². The maximum absolute atomic E-state index is 9.06. The van der Waals surface area contributed by atoms with E-state index in [0.29, 0.717) is 11.1 Å². The van der Waals surface area contributed by atoms with Gasteiger partial charge < -0.3 is 4.90 Å². The first-order valence-corrected chi connectivity index (χ1v) is 7.04. The molecule has 0 amide bonds. The van der Waals surface area contributed by atoms with Crippen molar-refractivity contribution in [1.29, 1.82) is 5.26 Å². The van der Waals surface area contributed by atoms with Gasteiger partial charge in [0.25, 0.3) is 0 Å². The van der Waals surface area contributed by atoms with Crippen LogP contribution in [0.25, 0.3) is 0 Å². The lowest BCUT2D eigenvalue weighted by molar-refractivity contribution is 0.198. The molecule has 0 aromatic carbocycles. The average molecular weight is 257 g/mol. The molecule has 0 spiro atoms. The van der Waals surface area contributed by atoms with Crippen molar-refractivity contribution in [2.75, 3.05) is 18.0 Å². The molecule has 0 saturated carbocycles. The molecule has 1 saturated heterocycles. The van der Waals surface area contributed by atoms with E-state index in [1.165, 1.54) is 12.8 Å². The summed E-state index contributed by atoms with van der Waals surface area (Å²) < 4.78 is 0. The number of piperidine rings is 1. The van der Waals surface area contributed by atoms with Gasteiger partial charge in [-0.3, -0.25) is 0 Å². The molecule has 102 valence electrons. The monoisotopic (exact) mass is 257 g/mol. The highest BCUT2D eigenvalue weighted by atomic mass is 15.2. The smallest absolute Gasteiger partial charge is 0.145 e. The van der Waals surface area contributed by atoms with Crippen LogP contribution in [0.3, 0.4) is 0 Å². The summed E-state index contributed by atoms with van der Waals surface area (Å²) in [6, 6.07) is 6.20. The zero-order valence-corrected chi connectivity index (χ0v) is 12.4. The highest BCUT2D eigenvalue weighted by molar-refractivity contribution is 5.45. The molecule has 3 heteroatoms. The summed E-state index contributed by atoms with van der Waals surface area (Å²) >= 11 is 0. The van der Waals surface area contributed by atoms with Crippen molar-refractivity contribution in [3.05, 3.63) is 23.4 Å². The van der Waals surface area contributed by atoms with Gasteiger partial charge in [-0.05, 0) is 42.7 Å². The molecule has 1 aromatic heterocycles. The normalized spacial score (nSPS) is 17.3. The molecule has 19 heavy (non-hydrogen) atoms. The first kappa shape index (κ1) is 13.9. The van der Waals surface area contributed by atoms with Gasteiger partial charge >= 0.3 is 0 Å². The van der Waals surface area contributed by atoms with Crippen LogP contribution in [0.15, 0.2) is 12.1 Å². The van der Waals surface area contributed by atoms with Crippen LogP contribution in [-0.4, -0.2) is 18.1 Å². The molecule has 0 atom stereocenters. The van der Waals surface area contributed by atoms with Crippen molar-refractivity contribution in [3.8, 4) is 6.07 Å². The summed E-state index contributed by atoms with van der Waals surface area (Å²) in [5.41, 5.74) is 1.90. The second-order valence-corrected chi connectivity index (χ2v) is 6.57. The van der Waals surface area contributed by atoms with Crippen LogP contribution in [0.1, 0.15) is 44.9 Å². The number of aromatic nitrogens is 1. The Bertz CT molecular complexity index is 486. The van der Waals surface area contributed by atoms with Gasteiger partial charge in [0.15, 0.2) is 0 Å². The summed E-state index contributed by atoms with van der Waals surface area (Å²) in [5, 5.41) is 9.06. The van der Waals surface area contributed by atoms with E-state index in [2.05, 4.69) is 36.7 Å². The minimum absolute atomic E-state index is 0.393. The maximum atomic E-state index is 9.06. The lowest BCUT2D eigenvalue weighted by Crippen LogP contribution is -2.38. The highest BCUT2D eigenvalue weighted by Crippen LogP contribution is 2.35. The predicted octanol–water partition coefficient (Wildman–Crippen LogP) is 3.52. The molecule has 1 fully saturated rings. The fraction of sp³-hybridized carbons (Fsp3) is 0.625. The van der Waals surface area contributed by atoms with Gasteiger partial charge in [0, 0.05) is 13.1 Å². The average Bonchev–Trinajstić information content (AvgIpc) is 2.38. The maximum Gasteiger partial charge on any atom is 0.145 e. The van der Waals surface area contributed by atoms with Crippen molar-refractivity contribution >= 4 is 5.82 Å². The van der Waals surface area contributed by atoms with E-state index in [1.54, 1.807) is 0 Å². The van der Waals surface area contributed by atoms with Gasteiger partial charge in [0.2, 0.25) is 0 Å². The molecule has 3 nitrogen and oxygen atoms in total. The Morgan fingerprint density at radius 2 is 1.89 bits per heavy atom. The Balaban J connectivity index is 2.08. The quantitative estimate of drug-likeness (QED) is 0.772. The minimum Gasteiger partial charge on any atom is -0.357 e. The van der Waals surface area contributed by atoms with E-state index < -0.39 is 0 Å². The van der Waals surface area contributed by atoms with Crippen LogP contribution in [0.5, 0.6) is 0 Å². The molecule has 0 unspecified atom stereocenters. The number of rotatable bonds is 1. The van der Waals surface area contributed by atoms with E-state index in [9.17, 15) is 0 Å². The van der Waals surface area contributed by atoms with Gasteiger partial charge in [0.1, 0.15) is 17.6 Å². The Labute approximate surface area is 116 Å². The second-order valence-electron chi connectivity index (χ2n) is 6.57. The van der Waals surface area contributed by atoms with E-state index in [0.717, 1.165) is 30.4 Å². The third-order valence-corrected chi connectivity index (χ3v) is 4.23. The van der Waals surface area contributed by atoms with Crippen LogP contribution in [0, 0.1) is 29.6 Å². The van der Waals surface area contributed by atoms with E-state index >= 15 is 0 Å². The number of aryl methyl sites for hydroxylation is 1. The summed E-state index contributed by atoms with van der Waals surface area (Å²) in [7, 11) is 0. The lowest BCUT2D eigenvalue weighted by atomic mass is 9.75. The highest BCUT2D eigenvalue weighted by Gasteiger charge is 2.29. The van der Waals surface area contributed by atoms with Crippen molar-refractivity contribution < 1.29 is 0 Å². The third kappa shape index (κ3) is 3.07. The first-order valence-electron chi connectivity index (χ1n) is 7.04. The van der Waals surface area contributed by atoms with Gasteiger partial charge in [-0.2, -0.15) is 5.26 Å². The topological polar surface area (TPSA) is 39.9 Å². The molecule has 0 N–H and O–H groups in total. The fourth-order valence-electron chi connectivity index (χ4n) is 2.78. The number of nitrogens with zero attached hydrogens (tertiary/aromatic N) is 3. The van der Waals surface area contributed by atoms with Gasteiger partial charge in [-0.1, -0.05) is 26.8 Å². The molecule has 2 rings (SSSR count). The largest absolute Gasteiger partial charge is 0.357 e. The van der Waals surface area contributed by atoms with E-state index in [-0.39, 0.29) is 0 Å². The van der Waals surface area contributed by atoms with Crippen molar-refractivity contribution in [3.63, 3.8) is 0 Å². The zero-order valence-electron chi connectivity index (χ0n) is 12.4. The van der Waals surface area contributed by atoms with Gasteiger partial charge in [0.05, 0.1) is 0 Å². The Morgan fingerprint density at radius 3 is 2.42 bits per heavy atom. The molecule has 2 heterocycles. The van der Waals surface area contributed by atoms with Crippen molar-refractivity contribution in [2.24, 2.45) is 11.3 Å². The van der Waals surface area contributed by atoms with Crippen molar-refractivity contribution in [1.82, 2.24) is 4.98 Å². The molecular weight excluding hydrogens is 234 g/mol. The van der Waals surface area contributed by atoms with Crippen LogP contribution in [-0.2, 0) is 0 Å². The SMILES string of the molecule is Cc1ccc(N2CCC(C(C)(C)C)CC2)nc1C#N. The Hall–Kier alpha value is -1.56. The molecule has 1 aliphatic rings. The molecule has 1 aromatic rings. The standard InChI is InChI=1S/C16H23N3/c1-12-5-6-15(18-14(12)11-17)19-9-7-13(8-10-19)16(2,3)4/h5-6,13H,7-10H2,1-4H3. The second kappa shape index (κ2) is 5.21. The van der Waals surface area contributed by atoms with Gasteiger partial charge in [-0.15, -0.1) is 0 Å². The fourth-order valence-corrected chi connectivity index (χ4v) is 2.78. The molecule has 0 aliphatic carbocycles. The number of nitriles is 1. The summed E-state index contributed by atoms with van der Waals surface area (Å²) in [5.74, 6) is 1.74. The molecule has 0 radical (unpaired) electrons. The molecule has 1 aliphatic heterocycles. The molecule has 0 bridgehead atoms. The van der Waals surface area contributed by atoms with Gasteiger partial charge in [-0.25, -0.2) is 4.98 Å². The lowest BCUT2D eigenvalue weighted by Gasteiger charge is -2.39. The van der Waals surface area contributed by atoms with Crippen molar-refractivity contribution in [2.45, 2.75) is 40.5 Å². The van der Waals surface area contributed by atoms with Crippen LogP contribution >= 0.6 is 0 Å². The van der Waals surface area contributed by atoms with E-state index in [1.807, 2.05) is 19.1 Å². The minimum atomic E-state index is 0.393. The van der Waals surface area contributed by atoms with Crippen LogP contribution in [0.4, 0.5) is 5.82 Å². The zero-order chi connectivity index (χ0) is 14.0. The first-order chi connectivity index (χ1) is 8.91. The van der Waals surface area contributed by atoms with Crippen LogP contribution < -0.4 is 4.90 Å². The Morgan fingerprint density at radius 1 is 1.26 bits per heavy atom. The number of pyridine rings is 1. The van der Waals surface area contributed by atoms with Crippen LogP contribution in [0.2, 0.25) is 0 Å². The summed E-state index contributed by atoms with van der Waals surface area (Å²) in [4.78, 5) is 6.77. The molecular formula is C16H23N3. The summed E-state index contributed by atoms with van der Waals surface area (Å²) in [6.45, 7) is 11.0.